The summed E-state index contributed by atoms with van der Waals surface area (Å²) in [6.07, 6.45) is 5.06. The molecule has 1 aliphatic heterocycles. The number of aromatic nitrogens is 1. The van der Waals surface area contributed by atoms with Crippen molar-refractivity contribution in [1.29, 1.82) is 0 Å². The molecule has 2 aliphatic carbocycles. The summed E-state index contributed by atoms with van der Waals surface area (Å²) in [4.78, 5) is 32.0. The summed E-state index contributed by atoms with van der Waals surface area (Å²) in [5.74, 6) is -5.17. The third-order valence-corrected chi connectivity index (χ3v) is 9.42. The number of halogens is 3. The Balaban J connectivity index is 1.33. The predicted octanol–water partition coefficient (Wildman–Crippen LogP) is 4.14. The number of nitrogens with one attached hydrogen (secondary N) is 1. The summed E-state index contributed by atoms with van der Waals surface area (Å²) in [6, 6.07) is 4.87. The molecule has 3 aliphatic rings. The number of hydrogen-bond acceptors (Lipinski definition) is 5. The lowest BCUT2D eigenvalue weighted by atomic mass is 9.98. The Morgan fingerprint density at radius 3 is 2.46 bits per heavy atom. The van der Waals surface area contributed by atoms with E-state index in [4.69, 9.17) is 0 Å². The normalized spacial score (nSPS) is 21.1. The van der Waals surface area contributed by atoms with Crippen molar-refractivity contribution in [3.63, 3.8) is 0 Å². The van der Waals surface area contributed by atoms with Crippen molar-refractivity contribution in [2.24, 2.45) is 5.92 Å². The SMILES string of the molecule is CC(F)(F)c1ccc([C@H](NC(=O)[C@H]2CCCN2C(=O)c2ccnc(S(=O)(=O)C3CC3)c2)C2CC2)cc1F. The molecule has 0 unspecified atom stereocenters. The van der Waals surface area contributed by atoms with Gasteiger partial charge in [0.1, 0.15) is 11.9 Å². The van der Waals surface area contributed by atoms with E-state index in [9.17, 15) is 31.2 Å². The Hall–Kier alpha value is -2.95. The monoisotopic (exact) mass is 535 g/mol. The van der Waals surface area contributed by atoms with E-state index in [2.05, 4.69) is 10.3 Å². The highest BCUT2D eigenvalue weighted by Gasteiger charge is 2.41. The van der Waals surface area contributed by atoms with Crippen molar-refractivity contribution in [2.45, 2.75) is 73.7 Å². The molecule has 1 aromatic heterocycles. The van der Waals surface area contributed by atoms with Crippen molar-refractivity contribution in [2.75, 3.05) is 6.54 Å². The average molecular weight is 536 g/mol. The Kier molecular flexibility index (Phi) is 6.54. The lowest BCUT2D eigenvalue weighted by molar-refractivity contribution is -0.125. The second kappa shape index (κ2) is 9.41. The van der Waals surface area contributed by atoms with E-state index in [0.717, 1.165) is 25.0 Å². The van der Waals surface area contributed by atoms with Gasteiger partial charge in [-0.1, -0.05) is 6.07 Å². The quantitative estimate of drug-likeness (QED) is 0.548. The number of likely N-dealkylation sites (tertiary alicyclic amines) is 1. The predicted molar refractivity (Wildman–Crippen MR) is 128 cm³/mol. The molecule has 1 saturated heterocycles. The van der Waals surface area contributed by atoms with Crippen LogP contribution in [0.1, 0.15) is 73.0 Å². The summed E-state index contributed by atoms with van der Waals surface area (Å²) in [5.41, 5.74) is -0.155. The molecule has 2 amide bonds. The highest BCUT2D eigenvalue weighted by molar-refractivity contribution is 7.92. The fraction of sp³-hybridized carbons (Fsp3) is 0.500. The highest BCUT2D eigenvalue weighted by Crippen LogP contribution is 2.42. The molecule has 5 rings (SSSR count). The van der Waals surface area contributed by atoms with Crippen LogP contribution in [0.5, 0.6) is 0 Å². The first kappa shape index (κ1) is 25.7. The molecular weight excluding hydrogens is 507 g/mol. The molecule has 2 heterocycles. The maximum atomic E-state index is 14.5. The number of rotatable bonds is 8. The minimum Gasteiger partial charge on any atom is -0.347 e. The molecular formula is C26H28F3N3O4S. The summed E-state index contributed by atoms with van der Waals surface area (Å²) >= 11 is 0. The summed E-state index contributed by atoms with van der Waals surface area (Å²) in [5, 5.41) is 2.32. The minimum absolute atomic E-state index is 0.0530. The Bertz CT molecular complexity index is 1340. The fourth-order valence-corrected chi connectivity index (χ4v) is 6.53. The number of benzene rings is 1. The van der Waals surface area contributed by atoms with Crippen molar-refractivity contribution < 1.29 is 31.2 Å². The number of carbonyl (C=O) groups is 2. The summed E-state index contributed by atoms with van der Waals surface area (Å²) in [7, 11) is -3.58. The van der Waals surface area contributed by atoms with E-state index >= 15 is 0 Å². The zero-order valence-corrected chi connectivity index (χ0v) is 21.1. The van der Waals surface area contributed by atoms with Crippen LogP contribution in [0.4, 0.5) is 13.2 Å². The van der Waals surface area contributed by atoms with E-state index in [1.807, 2.05) is 0 Å². The van der Waals surface area contributed by atoms with E-state index in [1.165, 1.54) is 29.3 Å². The van der Waals surface area contributed by atoms with Crippen LogP contribution in [-0.4, -0.2) is 48.0 Å². The fourth-order valence-electron chi connectivity index (χ4n) is 4.93. The number of alkyl halides is 2. The molecule has 198 valence electrons. The van der Waals surface area contributed by atoms with Crippen LogP contribution in [0.2, 0.25) is 0 Å². The molecule has 0 bridgehead atoms. The van der Waals surface area contributed by atoms with E-state index < -0.39 is 56.3 Å². The number of amides is 2. The molecule has 0 spiro atoms. The molecule has 3 fully saturated rings. The molecule has 1 aromatic carbocycles. The van der Waals surface area contributed by atoms with Crippen LogP contribution in [0.3, 0.4) is 0 Å². The second-order valence-electron chi connectivity index (χ2n) is 10.2. The smallest absolute Gasteiger partial charge is 0.273 e. The van der Waals surface area contributed by atoms with Crippen molar-refractivity contribution in [1.82, 2.24) is 15.2 Å². The molecule has 2 atom stereocenters. The zero-order valence-electron chi connectivity index (χ0n) is 20.3. The zero-order chi connectivity index (χ0) is 26.5. The van der Waals surface area contributed by atoms with E-state index in [1.54, 1.807) is 0 Å². The molecule has 2 aromatic rings. The number of hydrogen-bond donors (Lipinski definition) is 1. The maximum absolute atomic E-state index is 14.5. The first-order valence-electron chi connectivity index (χ1n) is 12.5. The third-order valence-electron chi connectivity index (χ3n) is 7.27. The van der Waals surface area contributed by atoms with Crippen LogP contribution in [0.25, 0.3) is 0 Å². The number of pyridine rings is 1. The summed E-state index contributed by atoms with van der Waals surface area (Å²) in [6.45, 7) is 0.955. The van der Waals surface area contributed by atoms with Gasteiger partial charge in [0, 0.05) is 25.2 Å². The van der Waals surface area contributed by atoms with Gasteiger partial charge in [-0.05, 0) is 74.3 Å². The van der Waals surface area contributed by atoms with Crippen molar-refractivity contribution in [3.8, 4) is 0 Å². The highest BCUT2D eigenvalue weighted by atomic mass is 32.2. The van der Waals surface area contributed by atoms with Crippen LogP contribution in [-0.2, 0) is 20.6 Å². The van der Waals surface area contributed by atoms with Crippen molar-refractivity contribution >= 4 is 21.7 Å². The molecule has 2 saturated carbocycles. The molecule has 7 nitrogen and oxygen atoms in total. The number of sulfone groups is 1. The van der Waals surface area contributed by atoms with Gasteiger partial charge in [-0.15, -0.1) is 0 Å². The van der Waals surface area contributed by atoms with Gasteiger partial charge in [0.05, 0.1) is 16.9 Å². The Morgan fingerprint density at radius 1 is 1.11 bits per heavy atom. The number of nitrogens with zero attached hydrogens (tertiary/aromatic N) is 2. The summed E-state index contributed by atoms with van der Waals surface area (Å²) < 4.78 is 66.9. The number of carbonyl (C=O) groups excluding carboxylic acids is 2. The van der Waals surface area contributed by atoms with E-state index in [-0.39, 0.29) is 16.5 Å². The first-order valence-corrected chi connectivity index (χ1v) is 14.0. The van der Waals surface area contributed by atoms with Crippen LogP contribution >= 0.6 is 0 Å². The topological polar surface area (TPSA) is 96.4 Å². The molecule has 0 radical (unpaired) electrons. The van der Waals surface area contributed by atoms with Gasteiger partial charge in [-0.2, -0.15) is 0 Å². The largest absolute Gasteiger partial charge is 0.347 e. The van der Waals surface area contributed by atoms with Gasteiger partial charge >= 0.3 is 0 Å². The Morgan fingerprint density at radius 2 is 1.84 bits per heavy atom. The minimum atomic E-state index is -3.58. The first-order chi connectivity index (χ1) is 17.5. The van der Waals surface area contributed by atoms with Gasteiger partial charge in [-0.3, -0.25) is 9.59 Å². The van der Waals surface area contributed by atoms with E-state index in [0.29, 0.717) is 44.7 Å². The average Bonchev–Trinajstić information content (AvgIpc) is 3.78. The van der Waals surface area contributed by atoms with Crippen molar-refractivity contribution in [3.05, 3.63) is 59.0 Å². The van der Waals surface area contributed by atoms with Gasteiger partial charge in [0.2, 0.25) is 5.91 Å². The molecule has 1 N–H and O–H groups in total. The molecule has 11 heteroatoms. The van der Waals surface area contributed by atoms with Crippen LogP contribution in [0, 0.1) is 11.7 Å². The second-order valence-corrected chi connectivity index (χ2v) is 12.4. The lowest BCUT2D eigenvalue weighted by Crippen LogP contribution is -2.47. The van der Waals surface area contributed by atoms with Crippen LogP contribution in [0.15, 0.2) is 41.6 Å². The maximum Gasteiger partial charge on any atom is 0.273 e. The Labute approximate surface area is 213 Å². The van der Waals surface area contributed by atoms with Gasteiger partial charge in [0.25, 0.3) is 11.8 Å². The molecule has 37 heavy (non-hydrogen) atoms. The third kappa shape index (κ3) is 5.23. The van der Waals surface area contributed by atoms with Crippen LogP contribution < -0.4 is 5.32 Å². The lowest BCUT2D eigenvalue weighted by Gasteiger charge is -2.27. The van der Waals surface area contributed by atoms with Gasteiger partial charge in [0.15, 0.2) is 14.9 Å². The van der Waals surface area contributed by atoms with Gasteiger partial charge < -0.3 is 10.2 Å². The standard InChI is InChI=1S/C26H28F3N3O4S/c1-26(28,29)19-9-6-16(13-20(19)27)23(15-4-5-15)31-24(33)21-3-2-12-32(21)25(34)17-10-11-30-22(14-17)37(35,36)18-7-8-18/h6,9-11,13-15,18,21,23H,2-5,7-8,12H2,1H3,(H,31,33)/t21-,23-/m1/s1. The van der Waals surface area contributed by atoms with Gasteiger partial charge in [-0.25, -0.2) is 26.6 Å².